The number of nitrogens with zero attached hydrogens (tertiary/aromatic N) is 4. The smallest absolute Gasteiger partial charge is 0.339 e. The molecule has 1 atom stereocenters. The van der Waals surface area contributed by atoms with Crippen LogP contribution < -0.4 is 15.5 Å². The van der Waals surface area contributed by atoms with Crippen molar-refractivity contribution in [1.29, 1.82) is 0 Å². The molecular formula is C28H34ClF2N5O2. The minimum absolute atomic E-state index is 0.362. The summed E-state index contributed by atoms with van der Waals surface area (Å²) in [5, 5.41) is 9.85. The first-order chi connectivity index (χ1) is 18.3. The standard InChI is InChI=1S/C28H34ClF2N5O2/c1-2-34-12-14-35(15-13-34)22-8-5-19(6-9-22)23-10-7-20(29)16-25(23)36-11-3-4-21(18-36)33-26(27(30)31)24(17-32)28(37)38/h5-10,16-17,21,27H,2-4,11-15,18,32H2,1H3,(H,37,38)/b24-17+,33-26?. The number of benzene rings is 2. The summed E-state index contributed by atoms with van der Waals surface area (Å²) in [7, 11) is 0. The second-order valence-corrected chi connectivity index (χ2v) is 10.0. The largest absolute Gasteiger partial charge is 0.478 e. The van der Waals surface area contributed by atoms with Gasteiger partial charge < -0.3 is 25.5 Å². The van der Waals surface area contributed by atoms with E-state index in [9.17, 15) is 18.7 Å². The molecule has 0 radical (unpaired) electrons. The number of alkyl halides is 2. The highest BCUT2D eigenvalue weighted by Gasteiger charge is 2.28. The van der Waals surface area contributed by atoms with E-state index in [4.69, 9.17) is 17.3 Å². The van der Waals surface area contributed by atoms with Crippen molar-refractivity contribution in [3.63, 3.8) is 0 Å². The Morgan fingerprint density at radius 1 is 1.13 bits per heavy atom. The molecule has 3 N–H and O–H groups in total. The molecule has 2 saturated heterocycles. The molecule has 0 amide bonds. The van der Waals surface area contributed by atoms with Gasteiger partial charge in [-0.05, 0) is 49.2 Å². The zero-order chi connectivity index (χ0) is 27.2. The van der Waals surface area contributed by atoms with Crippen molar-refractivity contribution in [3.8, 4) is 11.1 Å². The van der Waals surface area contributed by atoms with E-state index in [1.165, 1.54) is 5.69 Å². The first-order valence-electron chi connectivity index (χ1n) is 12.9. The average Bonchev–Trinajstić information content (AvgIpc) is 2.93. The number of aliphatic imine (C=N–C) groups is 1. The number of piperidine rings is 1. The number of aliphatic carboxylic acids is 1. The van der Waals surface area contributed by atoms with Crippen molar-refractivity contribution < 1.29 is 18.7 Å². The SMILES string of the molecule is CCN1CCN(c2ccc(-c3ccc(Cl)cc3N3CCCC(N=C(/C(=C\N)C(=O)O)C(F)F)C3)cc2)CC1. The fourth-order valence-corrected chi connectivity index (χ4v) is 5.34. The Hall–Kier alpha value is -3.17. The summed E-state index contributed by atoms with van der Waals surface area (Å²) in [5.74, 6) is -1.52. The first-order valence-corrected chi connectivity index (χ1v) is 13.3. The van der Waals surface area contributed by atoms with Crippen molar-refractivity contribution in [2.75, 3.05) is 55.6 Å². The molecule has 0 aromatic heterocycles. The maximum absolute atomic E-state index is 13.7. The van der Waals surface area contributed by atoms with Gasteiger partial charge in [-0.1, -0.05) is 36.7 Å². The lowest BCUT2D eigenvalue weighted by Crippen LogP contribution is -2.46. The van der Waals surface area contributed by atoms with Crippen LogP contribution in [0.3, 0.4) is 0 Å². The molecule has 2 fully saturated rings. The molecule has 0 saturated carbocycles. The van der Waals surface area contributed by atoms with Crippen LogP contribution in [0, 0.1) is 0 Å². The highest BCUT2D eigenvalue weighted by molar-refractivity contribution is 6.31. The van der Waals surface area contributed by atoms with Gasteiger partial charge in [0.25, 0.3) is 6.43 Å². The molecule has 1 unspecified atom stereocenters. The van der Waals surface area contributed by atoms with Crippen LogP contribution >= 0.6 is 11.6 Å². The molecule has 0 aliphatic carbocycles. The van der Waals surface area contributed by atoms with E-state index in [1.807, 2.05) is 18.2 Å². The molecular weight excluding hydrogens is 512 g/mol. The summed E-state index contributed by atoms with van der Waals surface area (Å²) in [6, 6.07) is 13.7. The Kier molecular flexibility index (Phi) is 9.22. The van der Waals surface area contributed by atoms with Crippen molar-refractivity contribution in [3.05, 3.63) is 59.3 Å². The van der Waals surface area contributed by atoms with E-state index >= 15 is 0 Å². The fourth-order valence-electron chi connectivity index (χ4n) is 5.17. The molecule has 4 rings (SSSR count). The van der Waals surface area contributed by atoms with Crippen molar-refractivity contribution in [2.24, 2.45) is 10.7 Å². The van der Waals surface area contributed by atoms with Crippen LogP contribution in [0.4, 0.5) is 20.2 Å². The van der Waals surface area contributed by atoms with Crippen molar-refractivity contribution in [1.82, 2.24) is 4.90 Å². The number of rotatable bonds is 8. The summed E-state index contributed by atoms with van der Waals surface area (Å²) in [5.41, 5.74) is 7.97. The maximum Gasteiger partial charge on any atom is 0.339 e. The molecule has 2 aliphatic rings. The van der Waals surface area contributed by atoms with Gasteiger partial charge in [0.05, 0.1) is 6.04 Å². The zero-order valence-corrected chi connectivity index (χ0v) is 22.2. The third-order valence-corrected chi connectivity index (χ3v) is 7.50. The molecule has 2 aromatic carbocycles. The number of likely N-dealkylation sites (N-methyl/N-ethyl adjacent to an activating group) is 1. The number of carboxylic acids is 1. The fraction of sp³-hybridized carbons (Fsp3) is 0.429. The molecule has 2 aromatic rings. The van der Waals surface area contributed by atoms with Gasteiger partial charge in [-0.3, -0.25) is 4.99 Å². The van der Waals surface area contributed by atoms with Gasteiger partial charge in [0.2, 0.25) is 0 Å². The van der Waals surface area contributed by atoms with Gasteiger partial charge in [-0.2, -0.15) is 0 Å². The van der Waals surface area contributed by atoms with E-state index in [0.29, 0.717) is 37.2 Å². The number of carboxylic acid groups (broad SMARTS) is 1. The van der Waals surface area contributed by atoms with Crippen LogP contribution in [0.5, 0.6) is 0 Å². The second kappa shape index (κ2) is 12.6. The van der Waals surface area contributed by atoms with Crippen LogP contribution in [-0.4, -0.2) is 80.0 Å². The molecule has 7 nitrogen and oxygen atoms in total. The minimum atomic E-state index is -3.04. The topological polar surface area (TPSA) is 85.4 Å². The monoisotopic (exact) mass is 545 g/mol. The summed E-state index contributed by atoms with van der Waals surface area (Å²) < 4.78 is 27.4. The van der Waals surface area contributed by atoms with E-state index < -0.39 is 29.7 Å². The molecule has 10 heteroatoms. The van der Waals surface area contributed by atoms with Gasteiger partial charge in [-0.15, -0.1) is 0 Å². The summed E-state index contributed by atoms with van der Waals surface area (Å²) in [6.07, 6.45) is -1.08. The lowest BCUT2D eigenvalue weighted by Gasteiger charge is -2.36. The number of piperazine rings is 1. The van der Waals surface area contributed by atoms with Crippen molar-refractivity contribution >= 4 is 34.7 Å². The lowest BCUT2D eigenvalue weighted by atomic mass is 9.99. The van der Waals surface area contributed by atoms with E-state index in [1.54, 1.807) is 0 Å². The predicted octanol–water partition coefficient (Wildman–Crippen LogP) is 4.75. The minimum Gasteiger partial charge on any atom is -0.478 e. The third-order valence-electron chi connectivity index (χ3n) is 7.26. The van der Waals surface area contributed by atoms with Gasteiger partial charge in [0, 0.05) is 67.4 Å². The van der Waals surface area contributed by atoms with Crippen LogP contribution in [0.25, 0.3) is 11.1 Å². The van der Waals surface area contributed by atoms with Crippen LogP contribution in [0.2, 0.25) is 5.02 Å². The van der Waals surface area contributed by atoms with E-state index in [2.05, 4.69) is 50.9 Å². The quantitative estimate of drug-likeness (QED) is 0.368. The van der Waals surface area contributed by atoms with Crippen molar-refractivity contribution in [2.45, 2.75) is 32.2 Å². The van der Waals surface area contributed by atoms with E-state index in [0.717, 1.165) is 49.5 Å². The molecule has 2 heterocycles. The van der Waals surface area contributed by atoms with Crippen LogP contribution in [-0.2, 0) is 4.79 Å². The molecule has 38 heavy (non-hydrogen) atoms. The normalized spacial score (nSPS) is 19.8. The average molecular weight is 546 g/mol. The zero-order valence-electron chi connectivity index (χ0n) is 21.5. The molecule has 204 valence electrons. The number of nitrogens with two attached hydrogens (primary N) is 1. The van der Waals surface area contributed by atoms with Gasteiger partial charge in [-0.25, -0.2) is 13.6 Å². The number of anilines is 2. The highest BCUT2D eigenvalue weighted by Crippen LogP contribution is 2.36. The Bertz CT molecular complexity index is 1180. The summed E-state index contributed by atoms with van der Waals surface area (Å²) in [4.78, 5) is 22.5. The second-order valence-electron chi connectivity index (χ2n) is 9.57. The number of carbonyl (C=O) groups is 1. The number of hydrogen-bond donors (Lipinski definition) is 2. The lowest BCUT2D eigenvalue weighted by molar-refractivity contribution is -0.132. The van der Waals surface area contributed by atoms with Gasteiger partial charge in [0.15, 0.2) is 0 Å². The first kappa shape index (κ1) is 27.9. The van der Waals surface area contributed by atoms with Gasteiger partial charge in [0.1, 0.15) is 11.3 Å². The Labute approximate surface area is 227 Å². The van der Waals surface area contributed by atoms with Crippen LogP contribution in [0.15, 0.2) is 59.2 Å². The Morgan fingerprint density at radius 3 is 2.45 bits per heavy atom. The predicted molar refractivity (Wildman–Crippen MR) is 150 cm³/mol. The molecule has 2 aliphatic heterocycles. The Morgan fingerprint density at radius 2 is 1.84 bits per heavy atom. The molecule has 0 bridgehead atoms. The van der Waals surface area contributed by atoms with Crippen LogP contribution in [0.1, 0.15) is 19.8 Å². The third kappa shape index (κ3) is 6.45. The summed E-state index contributed by atoms with van der Waals surface area (Å²) >= 11 is 6.38. The number of halogens is 3. The summed E-state index contributed by atoms with van der Waals surface area (Å²) in [6.45, 7) is 8.44. The number of hydrogen-bond acceptors (Lipinski definition) is 6. The molecule has 0 spiro atoms. The van der Waals surface area contributed by atoms with Gasteiger partial charge >= 0.3 is 5.97 Å². The van der Waals surface area contributed by atoms with E-state index in [-0.39, 0.29) is 0 Å². The Balaban J connectivity index is 1.57. The maximum atomic E-state index is 13.7. The highest BCUT2D eigenvalue weighted by atomic mass is 35.5.